The summed E-state index contributed by atoms with van der Waals surface area (Å²) in [7, 11) is 0. The van der Waals surface area contributed by atoms with Gasteiger partial charge < -0.3 is 10.1 Å². The van der Waals surface area contributed by atoms with Crippen molar-refractivity contribution < 1.29 is 9.53 Å². The first kappa shape index (κ1) is 13.3. The second kappa shape index (κ2) is 8.85. The number of amides is 1. The Balaban J connectivity index is 0.000000791. The Hall–Kier alpha value is -0.730. The molecule has 0 radical (unpaired) electrons. The summed E-state index contributed by atoms with van der Waals surface area (Å²) in [5, 5.41) is 2.72. The molecule has 0 heterocycles. The minimum absolute atomic E-state index is 0.201. The predicted molar refractivity (Wildman–Crippen MR) is 58.4 cm³/mol. The smallest absolute Gasteiger partial charge is 0.407 e. The lowest BCUT2D eigenvalue weighted by Gasteiger charge is -2.25. The normalized spacial score (nSPS) is 14.8. The first-order chi connectivity index (χ1) is 6.83. The molecule has 0 aromatic rings. The van der Waals surface area contributed by atoms with E-state index in [1.807, 2.05) is 13.8 Å². The summed E-state index contributed by atoms with van der Waals surface area (Å²) in [5.74, 6) is 0. The molecule has 0 unspecified atom stereocenters. The lowest BCUT2D eigenvalue weighted by atomic mass is 9.96. The third kappa shape index (κ3) is 5.84. The van der Waals surface area contributed by atoms with E-state index in [4.69, 9.17) is 4.74 Å². The number of hydrogen-bond donors (Lipinski definition) is 1. The first-order valence-corrected chi connectivity index (χ1v) is 5.77. The lowest BCUT2D eigenvalue weighted by molar-refractivity contribution is 0.0525. The minimum atomic E-state index is -0.242. The number of carbonyl (C=O) groups excluding carboxylic acids is 1. The average molecular weight is 201 g/mol. The maximum Gasteiger partial charge on any atom is 0.407 e. The molecule has 1 saturated carbocycles. The van der Waals surface area contributed by atoms with Crippen LogP contribution >= 0.6 is 0 Å². The Kier molecular flexibility index (Phi) is 8.39. The fourth-order valence-electron chi connectivity index (χ4n) is 1.05. The summed E-state index contributed by atoms with van der Waals surface area (Å²) in [6.45, 7) is 6.83. The molecule has 0 aromatic heterocycles. The zero-order valence-electron chi connectivity index (χ0n) is 9.64. The highest BCUT2D eigenvalue weighted by Gasteiger charge is 2.20. The van der Waals surface area contributed by atoms with Gasteiger partial charge in [0.2, 0.25) is 0 Å². The standard InChI is InChI=1S/C9H17NO2.C2H6/c1-2-3-7-10-9(11)12-8-5-4-6-8;1-2/h8H,2-7H2,1H3,(H,10,11);1-2H3. The maximum atomic E-state index is 11.0. The van der Waals surface area contributed by atoms with E-state index in [-0.39, 0.29) is 12.2 Å². The van der Waals surface area contributed by atoms with E-state index in [1.165, 1.54) is 6.42 Å². The monoisotopic (exact) mass is 201 g/mol. The van der Waals surface area contributed by atoms with Gasteiger partial charge in [0.15, 0.2) is 0 Å². The third-order valence-electron chi connectivity index (χ3n) is 2.13. The molecule has 14 heavy (non-hydrogen) atoms. The van der Waals surface area contributed by atoms with Gasteiger partial charge >= 0.3 is 6.09 Å². The van der Waals surface area contributed by atoms with E-state index >= 15 is 0 Å². The van der Waals surface area contributed by atoms with Crippen LogP contribution in [0.3, 0.4) is 0 Å². The van der Waals surface area contributed by atoms with Gasteiger partial charge in [-0.15, -0.1) is 0 Å². The van der Waals surface area contributed by atoms with Gasteiger partial charge in [-0.2, -0.15) is 0 Å². The van der Waals surface area contributed by atoms with Gasteiger partial charge in [0.1, 0.15) is 6.10 Å². The van der Waals surface area contributed by atoms with E-state index in [0.717, 1.165) is 32.2 Å². The molecule has 1 fully saturated rings. The molecule has 0 spiro atoms. The molecule has 1 aliphatic carbocycles. The highest BCUT2D eigenvalue weighted by atomic mass is 16.6. The van der Waals surface area contributed by atoms with Crippen LogP contribution in [0.2, 0.25) is 0 Å². The van der Waals surface area contributed by atoms with Gasteiger partial charge in [-0.1, -0.05) is 27.2 Å². The number of rotatable bonds is 4. The molecule has 84 valence electrons. The third-order valence-corrected chi connectivity index (χ3v) is 2.13. The Morgan fingerprint density at radius 2 is 2.07 bits per heavy atom. The van der Waals surface area contributed by atoms with Crippen LogP contribution in [0.5, 0.6) is 0 Å². The van der Waals surface area contributed by atoms with E-state index in [9.17, 15) is 4.79 Å². The van der Waals surface area contributed by atoms with E-state index in [0.29, 0.717) is 0 Å². The van der Waals surface area contributed by atoms with Gasteiger partial charge in [-0.05, 0) is 25.7 Å². The van der Waals surface area contributed by atoms with Gasteiger partial charge in [0, 0.05) is 6.54 Å². The quantitative estimate of drug-likeness (QED) is 0.710. The van der Waals surface area contributed by atoms with Crippen molar-refractivity contribution in [1.29, 1.82) is 0 Å². The first-order valence-electron chi connectivity index (χ1n) is 5.77. The van der Waals surface area contributed by atoms with Crippen LogP contribution in [0.4, 0.5) is 4.79 Å². The molecule has 3 nitrogen and oxygen atoms in total. The van der Waals surface area contributed by atoms with Gasteiger partial charge in [-0.3, -0.25) is 0 Å². The number of ether oxygens (including phenoxy) is 1. The fourth-order valence-corrected chi connectivity index (χ4v) is 1.05. The van der Waals surface area contributed by atoms with Crippen molar-refractivity contribution in [2.45, 2.75) is 59.0 Å². The Morgan fingerprint density at radius 1 is 1.43 bits per heavy atom. The van der Waals surface area contributed by atoms with Crippen molar-refractivity contribution in [1.82, 2.24) is 5.32 Å². The van der Waals surface area contributed by atoms with E-state index in [1.54, 1.807) is 0 Å². The Morgan fingerprint density at radius 3 is 2.50 bits per heavy atom. The molecule has 1 aliphatic rings. The lowest BCUT2D eigenvalue weighted by Crippen LogP contribution is -2.32. The molecule has 1 amide bonds. The highest BCUT2D eigenvalue weighted by Crippen LogP contribution is 2.21. The van der Waals surface area contributed by atoms with Crippen LogP contribution in [0.15, 0.2) is 0 Å². The SMILES string of the molecule is CC.CCCCNC(=O)OC1CCC1. The molecule has 1 rings (SSSR count). The molecule has 0 atom stereocenters. The van der Waals surface area contributed by atoms with Crippen molar-refractivity contribution in [2.75, 3.05) is 6.54 Å². The largest absolute Gasteiger partial charge is 0.446 e. The number of alkyl carbamates (subject to hydrolysis) is 1. The number of hydrogen-bond acceptors (Lipinski definition) is 2. The zero-order valence-corrected chi connectivity index (χ0v) is 9.64. The molecular weight excluding hydrogens is 178 g/mol. The van der Waals surface area contributed by atoms with Crippen LogP contribution in [0, 0.1) is 0 Å². The molecule has 0 aromatic carbocycles. The Bertz CT molecular complexity index is 144. The van der Waals surface area contributed by atoms with Crippen LogP contribution < -0.4 is 5.32 Å². The van der Waals surface area contributed by atoms with Gasteiger partial charge in [-0.25, -0.2) is 4.79 Å². The van der Waals surface area contributed by atoms with Crippen LogP contribution in [0.25, 0.3) is 0 Å². The molecule has 1 N–H and O–H groups in total. The summed E-state index contributed by atoms with van der Waals surface area (Å²) in [6, 6.07) is 0. The number of carbonyl (C=O) groups is 1. The zero-order chi connectivity index (χ0) is 10.8. The van der Waals surface area contributed by atoms with Crippen LogP contribution in [-0.4, -0.2) is 18.7 Å². The summed E-state index contributed by atoms with van der Waals surface area (Å²) >= 11 is 0. The van der Waals surface area contributed by atoms with Crippen LogP contribution in [0.1, 0.15) is 52.9 Å². The predicted octanol–water partition coefficient (Wildman–Crippen LogP) is 3.09. The Labute approximate surface area is 87.2 Å². The summed E-state index contributed by atoms with van der Waals surface area (Å²) in [6.07, 6.45) is 5.37. The summed E-state index contributed by atoms with van der Waals surface area (Å²) in [5.41, 5.74) is 0. The van der Waals surface area contributed by atoms with Gasteiger partial charge in [0.25, 0.3) is 0 Å². The van der Waals surface area contributed by atoms with Crippen molar-refractivity contribution >= 4 is 6.09 Å². The average Bonchev–Trinajstić information content (AvgIpc) is 2.15. The van der Waals surface area contributed by atoms with Crippen molar-refractivity contribution in [3.63, 3.8) is 0 Å². The minimum Gasteiger partial charge on any atom is -0.446 e. The summed E-state index contributed by atoms with van der Waals surface area (Å²) < 4.78 is 5.08. The van der Waals surface area contributed by atoms with Crippen LogP contribution in [-0.2, 0) is 4.74 Å². The van der Waals surface area contributed by atoms with Gasteiger partial charge in [0.05, 0.1) is 0 Å². The summed E-state index contributed by atoms with van der Waals surface area (Å²) in [4.78, 5) is 11.0. The molecular formula is C11H23NO2. The number of nitrogens with one attached hydrogen (secondary N) is 1. The van der Waals surface area contributed by atoms with Crippen molar-refractivity contribution in [2.24, 2.45) is 0 Å². The topological polar surface area (TPSA) is 38.3 Å². The number of unbranched alkanes of at least 4 members (excludes halogenated alkanes) is 1. The second-order valence-corrected chi connectivity index (χ2v) is 3.24. The van der Waals surface area contributed by atoms with Crippen molar-refractivity contribution in [3.8, 4) is 0 Å². The molecule has 0 aliphatic heterocycles. The fraction of sp³-hybridized carbons (Fsp3) is 0.909. The van der Waals surface area contributed by atoms with Crippen molar-refractivity contribution in [3.05, 3.63) is 0 Å². The maximum absolute atomic E-state index is 11.0. The molecule has 0 saturated heterocycles. The molecule has 3 heteroatoms. The van der Waals surface area contributed by atoms with E-state index in [2.05, 4.69) is 12.2 Å². The highest BCUT2D eigenvalue weighted by molar-refractivity contribution is 5.67. The second-order valence-electron chi connectivity index (χ2n) is 3.24. The molecule has 0 bridgehead atoms. The van der Waals surface area contributed by atoms with E-state index < -0.39 is 0 Å².